The molecule has 0 N–H and O–H groups in total. The first kappa shape index (κ1) is 25.3. The number of hydrogen-bond donors (Lipinski definition) is 0. The Bertz CT molecular complexity index is 1450. The van der Waals surface area contributed by atoms with Gasteiger partial charge in [-0.1, -0.05) is 31.2 Å². The van der Waals surface area contributed by atoms with Gasteiger partial charge in [0.2, 0.25) is 5.79 Å². The summed E-state index contributed by atoms with van der Waals surface area (Å²) in [5, 5.41) is 9.47. The van der Waals surface area contributed by atoms with Gasteiger partial charge in [0.05, 0.1) is 19.3 Å². The van der Waals surface area contributed by atoms with Crippen LogP contribution in [0.2, 0.25) is 0 Å². The predicted molar refractivity (Wildman–Crippen MR) is 138 cm³/mol. The lowest BCUT2D eigenvalue weighted by atomic mass is 9.58. The number of ether oxygens (including phenoxy) is 3. The second-order valence-electron chi connectivity index (χ2n) is 12.1. The lowest BCUT2D eigenvalue weighted by molar-refractivity contribution is -0.577. The van der Waals surface area contributed by atoms with E-state index < -0.39 is 24.0 Å². The molecular weight excluding hydrogens is 502 g/mol. The lowest BCUT2D eigenvalue weighted by Gasteiger charge is -2.60. The van der Waals surface area contributed by atoms with Crippen LogP contribution in [0.4, 0.5) is 0 Å². The van der Waals surface area contributed by atoms with Gasteiger partial charge in [-0.25, -0.2) is 19.3 Å². The van der Waals surface area contributed by atoms with Crippen LogP contribution < -0.4 is 5.63 Å². The Balaban J connectivity index is 1.08. The summed E-state index contributed by atoms with van der Waals surface area (Å²) in [5.74, 6) is 0.288. The molecule has 2 aromatic heterocycles. The molecule has 0 amide bonds. The summed E-state index contributed by atoms with van der Waals surface area (Å²) in [6.07, 6.45) is 4.74. The summed E-state index contributed by atoms with van der Waals surface area (Å²) in [6.45, 7) is 9.00. The predicted octanol–water partition coefficient (Wildman–Crippen LogP) is 4.47. The Hall–Kier alpha value is -2.63. The number of hydrogen-bond acceptors (Lipinski definition) is 9. The standard InChI is InChI=1S/C29H35N3O7/c1-16-5-7-21-19(12-25(33)35-24(21)11-16)13-32-14-20(30-31-32)15-34-26-18(3)23-8-6-17(2)22-9-10-28(4)37-27(36-26)29(22,23)39-38-28/h5,7,11-12,14,17-18,22-23,26-27H,6,8-10,13,15H2,1-4H3/t17-,18-,22+,23+,26+,27-,28-,29-/m1/s1. The van der Waals surface area contributed by atoms with Gasteiger partial charge in [0, 0.05) is 29.7 Å². The Morgan fingerprint density at radius 1 is 1.13 bits per heavy atom. The van der Waals surface area contributed by atoms with E-state index in [1.165, 1.54) is 6.07 Å². The Kier molecular flexibility index (Phi) is 5.98. The first-order chi connectivity index (χ1) is 18.7. The van der Waals surface area contributed by atoms with Crippen molar-refractivity contribution in [2.75, 3.05) is 0 Å². The second-order valence-corrected chi connectivity index (χ2v) is 12.1. The molecule has 6 heterocycles. The molecule has 3 aromatic rings. The van der Waals surface area contributed by atoms with E-state index in [9.17, 15) is 4.79 Å². The smallest absolute Gasteiger partial charge is 0.336 e. The molecular formula is C29H35N3O7. The molecule has 2 bridgehead atoms. The van der Waals surface area contributed by atoms with Crippen molar-refractivity contribution in [2.45, 2.75) is 90.5 Å². The maximum absolute atomic E-state index is 12.1. The fourth-order valence-electron chi connectivity index (χ4n) is 7.35. The van der Waals surface area contributed by atoms with Crippen molar-refractivity contribution in [2.24, 2.45) is 23.7 Å². The van der Waals surface area contributed by atoms with E-state index in [1.54, 1.807) is 4.68 Å². The zero-order valence-corrected chi connectivity index (χ0v) is 22.8. The topological polar surface area (TPSA) is 107 Å². The molecule has 0 radical (unpaired) electrons. The molecule has 1 spiro atoms. The average Bonchev–Trinajstić information content (AvgIpc) is 3.22. The third kappa shape index (κ3) is 4.15. The first-order valence-corrected chi connectivity index (χ1v) is 14.0. The van der Waals surface area contributed by atoms with Gasteiger partial charge in [0.15, 0.2) is 18.2 Å². The highest BCUT2D eigenvalue weighted by molar-refractivity contribution is 5.80. The minimum absolute atomic E-state index is 0.0827. The van der Waals surface area contributed by atoms with E-state index in [4.69, 9.17) is 28.4 Å². The van der Waals surface area contributed by atoms with Gasteiger partial charge in [0.25, 0.3) is 0 Å². The van der Waals surface area contributed by atoms with Gasteiger partial charge in [-0.05, 0) is 62.1 Å². The molecule has 39 heavy (non-hydrogen) atoms. The number of fused-ring (bicyclic) bond motifs is 3. The van der Waals surface area contributed by atoms with Crippen LogP contribution in [0.25, 0.3) is 11.0 Å². The first-order valence-electron chi connectivity index (χ1n) is 14.0. The molecule has 4 aliphatic heterocycles. The quantitative estimate of drug-likeness (QED) is 0.344. The molecule has 8 rings (SSSR count). The third-order valence-electron chi connectivity index (χ3n) is 9.40. The van der Waals surface area contributed by atoms with Crippen molar-refractivity contribution in [3.63, 3.8) is 0 Å². The molecule has 10 nitrogen and oxygen atoms in total. The fourth-order valence-corrected chi connectivity index (χ4v) is 7.35. The van der Waals surface area contributed by atoms with E-state index in [0.29, 0.717) is 29.7 Å². The highest BCUT2D eigenvalue weighted by Crippen LogP contribution is 2.60. The summed E-state index contributed by atoms with van der Waals surface area (Å²) in [7, 11) is 0. The molecule has 4 saturated heterocycles. The molecule has 1 aromatic carbocycles. The number of nitrogens with zero attached hydrogens (tertiary/aromatic N) is 3. The highest BCUT2D eigenvalue weighted by Gasteiger charge is 2.69. The number of benzene rings is 1. The minimum Gasteiger partial charge on any atom is -0.423 e. The molecule has 10 heteroatoms. The Labute approximate surface area is 226 Å². The highest BCUT2D eigenvalue weighted by atomic mass is 17.3. The van der Waals surface area contributed by atoms with Crippen LogP contribution in [0, 0.1) is 30.6 Å². The van der Waals surface area contributed by atoms with Crippen molar-refractivity contribution >= 4 is 11.0 Å². The van der Waals surface area contributed by atoms with Crippen molar-refractivity contribution in [1.29, 1.82) is 0 Å². The molecule has 208 valence electrons. The van der Waals surface area contributed by atoms with Crippen molar-refractivity contribution in [3.8, 4) is 0 Å². The van der Waals surface area contributed by atoms with Gasteiger partial charge in [-0.3, -0.25) is 0 Å². The summed E-state index contributed by atoms with van der Waals surface area (Å²) in [6, 6.07) is 7.34. The van der Waals surface area contributed by atoms with Gasteiger partial charge in [0.1, 0.15) is 11.3 Å². The van der Waals surface area contributed by atoms with Crippen LogP contribution in [0.15, 0.2) is 39.7 Å². The zero-order valence-electron chi connectivity index (χ0n) is 22.8. The van der Waals surface area contributed by atoms with E-state index in [-0.39, 0.29) is 24.1 Å². The van der Waals surface area contributed by atoms with E-state index in [0.717, 1.165) is 42.2 Å². The summed E-state index contributed by atoms with van der Waals surface area (Å²) in [5.41, 5.74) is 2.11. The second kappa shape index (κ2) is 9.21. The van der Waals surface area contributed by atoms with E-state index in [2.05, 4.69) is 24.2 Å². The van der Waals surface area contributed by atoms with Gasteiger partial charge in [-0.15, -0.1) is 5.10 Å². The van der Waals surface area contributed by atoms with Gasteiger partial charge < -0.3 is 18.6 Å². The minimum atomic E-state index is -0.817. The van der Waals surface area contributed by atoms with Crippen LogP contribution in [-0.2, 0) is 37.1 Å². The Morgan fingerprint density at radius 2 is 2.00 bits per heavy atom. The molecule has 5 aliphatic rings. The molecule has 0 unspecified atom stereocenters. The SMILES string of the molecule is Cc1ccc2c(Cn3cc(CO[C@H]4O[C@@H]5O[C@@]6(C)CC[C@H]7[C@H](C)CC[C@@H]([C@H]4C)[C@@]57OO6)nn3)cc(=O)oc2c1. The Morgan fingerprint density at radius 3 is 2.87 bits per heavy atom. The lowest BCUT2D eigenvalue weighted by Crippen LogP contribution is -2.70. The van der Waals surface area contributed by atoms with Crippen molar-refractivity contribution < 1.29 is 28.4 Å². The summed E-state index contributed by atoms with van der Waals surface area (Å²) < 4.78 is 26.3. The normalized spacial score (nSPS) is 37.5. The largest absolute Gasteiger partial charge is 0.423 e. The van der Waals surface area contributed by atoms with Crippen LogP contribution in [0.5, 0.6) is 0 Å². The number of rotatable bonds is 5. The van der Waals surface area contributed by atoms with E-state index in [1.807, 2.05) is 38.2 Å². The van der Waals surface area contributed by atoms with Crippen LogP contribution in [0.3, 0.4) is 0 Å². The summed E-state index contributed by atoms with van der Waals surface area (Å²) >= 11 is 0. The third-order valence-corrected chi connectivity index (χ3v) is 9.40. The van der Waals surface area contributed by atoms with Crippen LogP contribution >= 0.6 is 0 Å². The monoisotopic (exact) mass is 537 g/mol. The molecule has 1 saturated carbocycles. The van der Waals surface area contributed by atoms with Gasteiger partial charge in [-0.2, -0.15) is 0 Å². The number of aromatic nitrogens is 3. The molecule has 1 aliphatic carbocycles. The van der Waals surface area contributed by atoms with Gasteiger partial charge >= 0.3 is 5.63 Å². The zero-order chi connectivity index (χ0) is 26.9. The molecule has 5 fully saturated rings. The van der Waals surface area contributed by atoms with Crippen molar-refractivity contribution in [1.82, 2.24) is 15.0 Å². The summed E-state index contributed by atoms with van der Waals surface area (Å²) in [4.78, 5) is 24.2. The van der Waals surface area contributed by atoms with Crippen molar-refractivity contribution in [3.05, 3.63) is 57.7 Å². The van der Waals surface area contributed by atoms with Crippen LogP contribution in [0.1, 0.15) is 63.3 Å². The maximum atomic E-state index is 12.1. The number of aryl methyl sites for hydroxylation is 1. The van der Waals surface area contributed by atoms with Crippen LogP contribution in [-0.4, -0.2) is 39.0 Å². The molecule has 8 atom stereocenters. The maximum Gasteiger partial charge on any atom is 0.336 e. The fraction of sp³-hybridized carbons (Fsp3) is 0.621. The average molecular weight is 538 g/mol. The van der Waals surface area contributed by atoms with E-state index >= 15 is 0 Å².